The number of nitrogens with two attached hydrogens (primary N) is 1. The molecule has 1 aromatic rings. The summed E-state index contributed by atoms with van der Waals surface area (Å²) >= 11 is 0. The molecular formula is C16H25N3O. The molecule has 1 fully saturated rings. The van der Waals surface area contributed by atoms with Crippen molar-refractivity contribution in [3.05, 3.63) is 29.8 Å². The Morgan fingerprint density at radius 3 is 3.00 bits per heavy atom. The van der Waals surface area contributed by atoms with Gasteiger partial charge in [0, 0.05) is 37.9 Å². The van der Waals surface area contributed by atoms with Gasteiger partial charge in [-0.2, -0.15) is 0 Å². The van der Waals surface area contributed by atoms with Gasteiger partial charge in [0.05, 0.1) is 12.7 Å². The average molecular weight is 275 g/mol. The molecule has 1 saturated heterocycles. The summed E-state index contributed by atoms with van der Waals surface area (Å²) in [5.74, 6) is 0. The molecule has 0 amide bonds. The van der Waals surface area contributed by atoms with Gasteiger partial charge in [-0.3, -0.25) is 0 Å². The van der Waals surface area contributed by atoms with Crippen molar-refractivity contribution in [3.63, 3.8) is 0 Å². The van der Waals surface area contributed by atoms with Crippen molar-refractivity contribution >= 4 is 5.69 Å². The molecule has 0 aromatic heterocycles. The Morgan fingerprint density at radius 1 is 1.30 bits per heavy atom. The Hall–Kier alpha value is -1.10. The number of nitrogens with zero attached hydrogens (tertiary/aromatic N) is 2. The number of ether oxygens (including phenoxy) is 1. The number of morpholine rings is 1. The predicted octanol–water partition coefficient (Wildman–Crippen LogP) is 1.62. The summed E-state index contributed by atoms with van der Waals surface area (Å²) in [5, 5.41) is 0. The molecule has 2 unspecified atom stereocenters. The van der Waals surface area contributed by atoms with Gasteiger partial charge >= 0.3 is 0 Å². The maximum absolute atomic E-state index is 6.30. The standard InChI is InChI=1S/C16H25N3O/c1-18-9-10-20-13(11-18)12-19-8-4-6-15(17)14-5-2-3-7-16(14)19/h2-3,5,7,13,15H,4,6,8-12,17H2,1H3. The van der Waals surface area contributed by atoms with Crippen molar-refractivity contribution in [1.82, 2.24) is 4.90 Å². The maximum Gasteiger partial charge on any atom is 0.0876 e. The maximum atomic E-state index is 6.30. The Labute approximate surface area is 121 Å². The molecule has 0 radical (unpaired) electrons. The molecule has 2 atom stereocenters. The highest BCUT2D eigenvalue weighted by molar-refractivity contribution is 5.55. The smallest absolute Gasteiger partial charge is 0.0876 e. The molecule has 0 bridgehead atoms. The number of para-hydroxylation sites is 1. The van der Waals surface area contributed by atoms with E-state index in [-0.39, 0.29) is 6.04 Å². The van der Waals surface area contributed by atoms with Crippen LogP contribution < -0.4 is 10.6 Å². The zero-order valence-corrected chi connectivity index (χ0v) is 12.3. The fourth-order valence-electron chi connectivity index (χ4n) is 3.28. The summed E-state index contributed by atoms with van der Waals surface area (Å²) in [6.07, 6.45) is 2.52. The van der Waals surface area contributed by atoms with E-state index in [2.05, 4.69) is 41.1 Å². The summed E-state index contributed by atoms with van der Waals surface area (Å²) in [7, 11) is 2.17. The van der Waals surface area contributed by atoms with Crippen molar-refractivity contribution in [1.29, 1.82) is 0 Å². The number of likely N-dealkylation sites (N-methyl/N-ethyl adjacent to an activating group) is 1. The number of anilines is 1. The first-order valence-corrected chi connectivity index (χ1v) is 7.63. The third kappa shape index (κ3) is 2.97. The lowest BCUT2D eigenvalue weighted by molar-refractivity contribution is -0.0147. The van der Waals surface area contributed by atoms with Gasteiger partial charge in [0.1, 0.15) is 0 Å². The molecule has 2 heterocycles. The summed E-state index contributed by atoms with van der Waals surface area (Å²) in [4.78, 5) is 4.82. The second-order valence-electron chi connectivity index (χ2n) is 6.01. The van der Waals surface area contributed by atoms with Crippen LogP contribution in [0.25, 0.3) is 0 Å². The molecule has 4 nitrogen and oxygen atoms in total. The predicted molar refractivity (Wildman–Crippen MR) is 82.1 cm³/mol. The molecule has 0 aliphatic carbocycles. The monoisotopic (exact) mass is 275 g/mol. The molecule has 0 spiro atoms. The number of fused-ring (bicyclic) bond motifs is 1. The normalized spacial score (nSPS) is 28.0. The Bertz CT molecular complexity index is 451. The fraction of sp³-hybridized carbons (Fsp3) is 0.625. The van der Waals surface area contributed by atoms with Crippen LogP contribution in [0.15, 0.2) is 24.3 Å². The first-order chi connectivity index (χ1) is 9.74. The largest absolute Gasteiger partial charge is 0.374 e. The molecule has 2 aliphatic rings. The van der Waals surface area contributed by atoms with Gasteiger partial charge in [-0.05, 0) is 31.5 Å². The van der Waals surface area contributed by atoms with Gasteiger partial charge in [0.15, 0.2) is 0 Å². The number of hydrogen-bond donors (Lipinski definition) is 1. The third-order valence-electron chi connectivity index (χ3n) is 4.39. The van der Waals surface area contributed by atoms with E-state index in [1.165, 1.54) is 11.3 Å². The van der Waals surface area contributed by atoms with Crippen LogP contribution >= 0.6 is 0 Å². The molecule has 4 heteroatoms. The van der Waals surface area contributed by atoms with E-state index in [1.54, 1.807) is 0 Å². The van der Waals surface area contributed by atoms with Crippen molar-refractivity contribution in [2.45, 2.75) is 25.0 Å². The molecule has 2 aliphatic heterocycles. The van der Waals surface area contributed by atoms with Gasteiger partial charge in [-0.25, -0.2) is 0 Å². The fourth-order valence-corrected chi connectivity index (χ4v) is 3.28. The van der Waals surface area contributed by atoms with Gasteiger partial charge in [0.2, 0.25) is 0 Å². The lowest BCUT2D eigenvalue weighted by atomic mass is 10.0. The summed E-state index contributed by atoms with van der Waals surface area (Å²) < 4.78 is 5.92. The summed E-state index contributed by atoms with van der Waals surface area (Å²) in [6.45, 7) is 4.95. The van der Waals surface area contributed by atoms with E-state index in [9.17, 15) is 0 Å². The van der Waals surface area contributed by atoms with Crippen molar-refractivity contribution < 1.29 is 4.74 Å². The zero-order chi connectivity index (χ0) is 13.9. The summed E-state index contributed by atoms with van der Waals surface area (Å²) in [6, 6.07) is 8.75. The molecule has 3 rings (SSSR count). The first kappa shape index (κ1) is 13.9. The van der Waals surface area contributed by atoms with Gasteiger partial charge in [-0.15, -0.1) is 0 Å². The lowest BCUT2D eigenvalue weighted by Gasteiger charge is -2.35. The second kappa shape index (κ2) is 6.12. The quantitative estimate of drug-likeness (QED) is 0.890. The minimum absolute atomic E-state index is 0.172. The summed E-state index contributed by atoms with van der Waals surface area (Å²) in [5.41, 5.74) is 8.88. The molecule has 1 aromatic carbocycles. The van der Waals surface area contributed by atoms with Crippen LogP contribution in [-0.2, 0) is 4.74 Å². The van der Waals surface area contributed by atoms with Crippen LogP contribution in [-0.4, -0.2) is 50.8 Å². The molecule has 110 valence electrons. The van der Waals surface area contributed by atoms with Crippen LogP contribution in [0.5, 0.6) is 0 Å². The van der Waals surface area contributed by atoms with Crippen LogP contribution in [0.3, 0.4) is 0 Å². The van der Waals surface area contributed by atoms with Crippen LogP contribution in [0.1, 0.15) is 24.4 Å². The van der Waals surface area contributed by atoms with Crippen LogP contribution in [0, 0.1) is 0 Å². The van der Waals surface area contributed by atoms with E-state index in [1.807, 2.05) is 0 Å². The highest BCUT2D eigenvalue weighted by atomic mass is 16.5. The van der Waals surface area contributed by atoms with E-state index < -0.39 is 0 Å². The Morgan fingerprint density at radius 2 is 2.15 bits per heavy atom. The number of rotatable bonds is 2. The van der Waals surface area contributed by atoms with Crippen molar-refractivity contribution in [3.8, 4) is 0 Å². The van der Waals surface area contributed by atoms with E-state index in [0.29, 0.717) is 6.10 Å². The van der Waals surface area contributed by atoms with E-state index in [0.717, 1.165) is 45.6 Å². The lowest BCUT2D eigenvalue weighted by Crippen LogP contribution is -2.46. The van der Waals surface area contributed by atoms with E-state index in [4.69, 9.17) is 10.5 Å². The Kier molecular flexibility index (Phi) is 4.24. The topological polar surface area (TPSA) is 41.7 Å². The highest BCUT2D eigenvalue weighted by Gasteiger charge is 2.25. The van der Waals surface area contributed by atoms with Crippen molar-refractivity contribution in [2.75, 3.05) is 44.7 Å². The molecule has 20 heavy (non-hydrogen) atoms. The van der Waals surface area contributed by atoms with Crippen molar-refractivity contribution in [2.24, 2.45) is 5.73 Å². The Balaban J connectivity index is 1.77. The SMILES string of the molecule is CN1CCOC(CN2CCCC(N)c3ccccc32)C1. The van der Waals surface area contributed by atoms with Crippen LogP contribution in [0.4, 0.5) is 5.69 Å². The minimum atomic E-state index is 0.172. The highest BCUT2D eigenvalue weighted by Crippen LogP contribution is 2.31. The second-order valence-corrected chi connectivity index (χ2v) is 6.01. The first-order valence-electron chi connectivity index (χ1n) is 7.63. The zero-order valence-electron chi connectivity index (χ0n) is 12.3. The number of hydrogen-bond acceptors (Lipinski definition) is 4. The molecular weight excluding hydrogens is 250 g/mol. The van der Waals surface area contributed by atoms with Gasteiger partial charge in [0.25, 0.3) is 0 Å². The van der Waals surface area contributed by atoms with E-state index >= 15 is 0 Å². The van der Waals surface area contributed by atoms with Gasteiger partial charge in [-0.1, -0.05) is 18.2 Å². The third-order valence-corrected chi connectivity index (χ3v) is 4.39. The molecule has 0 saturated carbocycles. The van der Waals surface area contributed by atoms with Crippen LogP contribution in [0.2, 0.25) is 0 Å². The van der Waals surface area contributed by atoms with Gasteiger partial charge < -0.3 is 20.3 Å². The average Bonchev–Trinajstić information content (AvgIpc) is 2.60. The minimum Gasteiger partial charge on any atom is -0.374 e. The number of benzene rings is 1. The molecule has 2 N–H and O–H groups in total.